The van der Waals surface area contributed by atoms with E-state index in [-0.39, 0.29) is 0 Å². The standard InChI is InChI=1S/C19H18N2O2/c1-3-14-11-7-8-13(2)17(14)21-19(23)18(22)16(12-20)15-9-5-4-6-10-15/h4-11,16H,3H2,1-2H3,(H,21,23)/t16-/m1/s1. The Morgan fingerprint density at radius 1 is 1.13 bits per heavy atom. The molecule has 0 saturated carbocycles. The molecule has 0 aromatic heterocycles. The van der Waals surface area contributed by atoms with Gasteiger partial charge in [0.1, 0.15) is 5.92 Å². The molecule has 0 aliphatic rings. The second kappa shape index (κ2) is 7.37. The van der Waals surface area contributed by atoms with Gasteiger partial charge in [-0.2, -0.15) is 5.26 Å². The van der Waals surface area contributed by atoms with Crippen molar-refractivity contribution in [2.24, 2.45) is 0 Å². The van der Waals surface area contributed by atoms with Crippen LogP contribution in [0.1, 0.15) is 29.5 Å². The fourth-order valence-corrected chi connectivity index (χ4v) is 2.44. The molecule has 2 aromatic rings. The number of rotatable bonds is 5. The maximum absolute atomic E-state index is 12.4. The molecule has 2 aromatic carbocycles. The Bertz CT molecular complexity index is 761. The van der Waals surface area contributed by atoms with Crippen molar-refractivity contribution >= 4 is 17.4 Å². The fraction of sp³-hybridized carbons (Fsp3) is 0.211. The van der Waals surface area contributed by atoms with E-state index in [0.29, 0.717) is 11.3 Å². The molecular formula is C19H18N2O2. The van der Waals surface area contributed by atoms with E-state index in [1.807, 2.05) is 38.1 Å². The Balaban J connectivity index is 2.24. The van der Waals surface area contributed by atoms with Gasteiger partial charge < -0.3 is 5.32 Å². The van der Waals surface area contributed by atoms with Crippen LogP contribution in [0.15, 0.2) is 48.5 Å². The highest BCUT2D eigenvalue weighted by atomic mass is 16.2. The van der Waals surface area contributed by atoms with Gasteiger partial charge in [-0.15, -0.1) is 0 Å². The summed E-state index contributed by atoms with van der Waals surface area (Å²) in [6.45, 7) is 3.85. The van der Waals surface area contributed by atoms with Gasteiger partial charge in [-0.25, -0.2) is 0 Å². The van der Waals surface area contributed by atoms with Crippen LogP contribution in [-0.2, 0) is 16.0 Å². The smallest absolute Gasteiger partial charge is 0.293 e. The normalized spacial score (nSPS) is 11.3. The highest BCUT2D eigenvalue weighted by Gasteiger charge is 2.27. The van der Waals surface area contributed by atoms with E-state index < -0.39 is 17.6 Å². The number of hydrogen-bond acceptors (Lipinski definition) is 3. The Hall–Kier alpha value is -2.93. The lowest BCUT2D eigenvalue weighted by Crippen LogP contribution is -2.28. The third-order valence-electron chi connectivity index (χ3n) is 3.73. The van der Waals surface area contributed by atoms with Gasteiger partial charge in [0.2, 0.25) is 5.78 Å². The SMILES string of the molecule is CCc1cccc(C)c1NC(=O)C(=O)[C@H](C#N)c1ccccc1. The number of benzene rings is 2. The van der Waals surface area contributed by atoms with Crippen LogP contribution < -0.4 is 5.32 Å². The zero-order valence-corrected chi connectivity index (χ0v) is 13.2. The maximum atomic E-state index is 12.4. The maximum Gasteiger partial charge on any atom is 0.293 e. The van der Waals surface area contributed by atoms with E-state index >= 15 is 0 Å². The number of hydrogen-bond donors (Lipinski definition) is 1. The highest BCUT2D eigenvalue weighted by molar-refractivity contribution is 6.43. The van der Waals surface area contributed by atoms with E-state index in [2.05, 4.69) is 5.32 Å². The Labute approximate surface area is 135 Å². The fourth-order valence-electron chi connectivity index (χ4n) is 2.44. The van der Waals surface area contributed by atoms with E-state index in [1.54, 1.807) is 30.3 Å². The number of para-hydroxylation sites is 1. The molecule has 116 valence electrons. The summed E-state index contributed by atoms with van der Waals surface area (Å²) in [5, 5.41) is 11.9. The second-order valence-corrected chi connectivity index (χ2v) is 5.25. The summed E-state index contributed by atoms with van der Waals surface area (Å²) in [5.74, 6) is -2.60. The monoisotopic (exact) mass is 306 g/mol. The van der Waals surface area contributed by atoms with E-state index in [4.69, 9.17) is 0 Å². The summed E-state index contributed by atoms with van der Waals surface area (Å²) in [7, 11) is 0. The highest BCUT2D eigenvalue weighted by Crippen LogP contribution is 2.22. The molecule has 0 bridgehead atoms. The lowest BCUT2D eigenvalue weighted by molar-refractivity contribution is -0.135. The van der Waals surface area contributed by atoms with Crippen molar-refractivity contribution in [1.82, 2.24) is 0 Å². The Morgan fingerprint density at radius 2 is 1.83 bits per heavy atom. The van der Waals surface area contributed by atoms with Crippen LogP contribution in [0.5, 0.6) is 0 Å². The summed E-state index contributed by atoms with van der Waals surface area (Å²) < 4.78 is 0. The predicted octanol–water partition coefficient (Wildman–Crippen LogP) is 3.37. The van der Waals surface area contributed by atoms with Crippen LogP contribution in [0.3, 0.4) is 0 Å². The van der Waals surface area contributed by atoms with Crippen LogP contribution >= 0.6 is 0 Å². The van der Waals surface area contributed by atoms with Crippen LogP contribution in [-0.4, -0.2) is 11.7 Å². The Morgan fingerprint density at radius 3 is 2.43 bits per heavy atom. The lowest BCUT2D eigenvalue weighted by atomic mass is 9.95. The number of amides is 1. The van der Waals surface area contributed by atoms with Gasteiger partial charge in [0.05, 0.1) is 6.07 Å². The van der Waals surface area contributed by atoms with Crippen molar-refractivity contribution in [2.75, 3.05) is 5.32 Å². The van der Waals surface area contributed by atoms with Crippen LogP contribution in [0.25, 0.3) is 0 Å². The summed E-state index contributed by atoms with van der Waals surface area (Å²) in [5.41, 5.74) is 3.02. The number of carbonyl (C=O) groups excluding carboxylic acids is 2. The van der Waals surface area contributed by atoms with Crippen molar-refractivity contribution in [2.45, 2.75) is 26.2 Å². The van der Waals surface area contributed by atoms with Gasteiger partial charge in [-0.1, -0.05) is 55.5 Å². The summed E-state index contributed by atoms with van der Waals surface area (Å²) in [4.78, 5) is 24.7. The minimum absolute atomic E-state index is 0.524. The summed E-state index contributed by atoms with van der Waals surface area (Å²) in [6, 6.07) is 16.2. The zero-order chi connectivity index (χ0) is 16.8. The first-order valence-corrected chi connectivity index (χ1v) is 7.46. The molecule has 1 N–H and O–H groups in total. The number of nitrogens with zero attached hydrogens (tertiary/aromatic N) is 1. The van der Waals surface area contributed by atoms with E-state index in [9.17, 15) is 14.9 Å². The number of carbonyl (C=O) groups is 2. The number of nitrogens with one attached hydrogen (secondary N) is 1. The molecule has 1 atom stereocenters. The van der Waals surface area contributed by atoms with Gasteiger partial charge in [-0.05, 0) is 30.0 Å². The first kappa shape index (κ1) is 16.4. The molecule has 2 rings (SSSR count). The molecule has 23 heavy (non-hydrogen) atoms. The predicted molar refractivity (Wildman–Crippen MR) is 89.0 cm³/mol. The van der Waals surface area contributed by atoms with Gasteiger partial charge in [0.25, 0.3) is 5.91 Å². The lowest BCUT2D eigenvalue weighted by Gasteiger charge is -2.14. The van der Waals surface area contributed by atoms with Crippen molar-refractivity contribution < 1.29 is 9.59 Å². The molecule has 0 saturated heterocycles. The first-order chi connectivity index (χ1) is 11.1. The quantitative estimate of drug-likeness (QED) is 0.861. The van der Waals surface area contributed by atoms with E-state index in [0.717, 1.165) is 17.5 Å². The number of ketones is 1. The van der Waals surface area contributed by atoms with Crippen LogP contribution in [0.2, 0.25) is 0 Å². The third-order valence-corrected chi connectivity index (χ3v) is 3.73. The van der Waals surface area contributed by atoms with Gasteiger partial charge in [0.15, 0.2) is 0 Å². The summed E-state index contributed by atoms with van der Waals surface area (Å²) in [6.07, 6.45) is 0.742. The molecule has 4 nitrogen and oxygen atoms in total. The average Bonchev–Trinajstić information content (AvgIpc) is 2.58. The van der Waals surface area contributed by atoms with Crippen molar-refractivity contribution in [1.29, 1.82) is 5.26 Å². The minimum atomic E-state index is -1.09. The number of anilines is 1. The molecule has 0 spiro atoms. The van der Waals surface area contributed by atoms with Crippen LogP contribution in [0, 0.1) is 18.3 Å². The molecule has 0 heterocycles. The largest absolute Gasteiger partial charge is 0.319 e. The molecule has 0 fully saturated rings. The minimum Gasteiger partial charge on any atom is -0.319 e. The molecular weight excluding hydrogens is 288 g/mol. The molecule has 0 aliphatic heterocycles. The second-order valence-electron chi connectivity index (χ2n) is 5.25. The van der Waals surface area contributed by atoms with Gasteiger partial charge in [0, 0.05) is 5.69 Å². The van der Waals surface area contributed by atoms with Crippen molar-refractivity contribution in [3.8, 4) is 6.07 Å². The van der Waals surface area contributed by atoms with Crippen LogP contribution in [0.4, 0.5) is 5.69 Å². The van der Waals surface area contributed by atoms with E-state index in [1.165, 1.54) is 0 Å². The average molecular weight is 306 g/mol. The van der Waals surface area contributed by atoms with Gasteiger partial charge in [-0.3, -0.25) is 9.59 Å². The topological polar surface area (TPSA) is 70.0 Å². The third kappa shape index (κ3) is 3.64. The number of nitriles is 1. The number of Topliss-reactive ketones (excluding diaryl/α,β-unsaturated/α-hetero) is 1. The zero-order valence-electron chi connectivity index (χ0n) is 13.2. The molecule has 1 amide bonds. The molecule has 0 aliphatic carbocycles. The van der Waals surface area contributed by atoms with Crippen molar-refractivity contribution in [3.63, 3.8) is 0 Å². The molecule has 0 radical (unpaired) electrons. The van der Waals surface area contributed by atoms with Crippen molar-refractivity contribution in [3.05, 3.63) is 65.2 Å². The number of aryl methyl sites for hydroxylation is 2. The summed E-state index contributed by atoms with van der Waals surface area (Å²) >= 11 is 0. The molecule has 4 heteroatoms. The molecule has 0 unspecified atom stereocenters. The Kier molecular flexibility index (Phi) is 5.27. The first-order valence-electron chi connectivity index (χ1n) is 7.46. The van der Waals surface area contributed by atoms with Gasteiger partial charge >= 0.3 is 0 Å².